The lowest BCUT2D eigenvalue weighted by molar-refractivity contribution is -0.143. The smallest absolute Gasteiger partial charge is 0.248 e. The monoisotopic (exact) mass is 335 g/mol. The molecular weight excluding hydrogens is 306 g/mol. The maximum absolute atomic E-state index is 13.0. The van der Waals surface area contributed by atoms with Gasteiger partial charge >= 0.3 is 0 Å². The van der Waals surface area contributed by atoms with E-state index < -0.39 is 5.54 Å². The van der Waals surface area contributed by atoms with Gasteiger partial charge in [-0.1, -0.05) is 24.4 Å². The van der Waals surface area contributed by atoms with Gasteiger partial charge in [-0.2, -0.15) is 0 Å². The van der Waals surface area contributed by atoms with Crippen LogP contribution in [0.2, 0.25) is 0 Å². The lowest BCUT2D eigenvalue weighted by Crippen LogP contribution is -2.60. The zero-order chi connectivity index (χ0) is 17.7. The molecule has 0 bridgehead atoms. The molecule has 2 rings (SSSR count). The Balaban J connectivity index is 2.16. The van der Waals surface area contributed by atoms with E-state index in [1.807, 2.05) is 25.7 Å². The fraction of sp³-hybridized carbons (Fsp3) is 0.722. The number of likely N-dealkylation sites (N-methyl/N-ethyl adjacent to an activating group) is 1. The number of carbonyl (C=O) groups excluding carboxylic acids is 2. The Morgan fingerprint density at radius 2 is 1.79 bits per heavy atom. The van der Waals surface area contributed by atoms with Gasteiger partial charge in [0.25, 0.3) is 0 Å². The molecule has 6 nitrogen and oxygen atoms in total. The Morgan fingerprint density at radius 3 is 2.29 bits per heavy atom. The highest BCUT2D eigenvalue weighted by Gasteiger charge is 2.42. The van der Waals surface area contributed by atoms with Crippen molar-refractivity contribution in [3.8, 4) is 0 Å². The van der Waals surface area contributed by atoms with E-state index in [1.54, 1.807) is 6.92 Å². The Hall–Kier alpha value is -1.85. The van der Waals surface area contributed by atoms with Crippen LogP contribution in [0.4, 0.5) is 0 Å². The number of hydrogen-bond acceptors (Lipinski definition) is 4. The van der Waals surface area contributed by atoms with E-state index in [0.29, 0.717) is 18.8 Å². The van der Waals surface area contributed by atoms with Gasteiger partial charge < -0.3 is 14.7 Å². The van der Waals surface area contributed by atoms with Crippen molar-refractivity contribution in [2.75, 3.05) is 13.1 Å². The van der Waals surface area contributed by atoms with Crippen LogP contribution in [0.5, 0.6) is 0 Å². The predicted octanol–water partition coefficient (Wildman–Crippen LogP) is 2.52. The summed E-state index contributed by atoms with van der Waals surface area (Å²) in [5, 5.41) is 6.97. The van der Waals surface area contributed by atoms with E-state index in [0.717, 1.165) is 43.4 Å². The topological polar surface area (TPSA) is 75.4 Å². The van der Waals surface area contributed by atoms with E-state index in [4.69, 9.17) is 4.52 Å². The van der Waals surface area contributed by atoms with Crippen molar-refractivity contribution in [2.24, 2.45) is 0 Å². The second-order valence-electron chi connectivity index (χ2n) is 6.65. The summed E-state index contributed by atoms with van der Waals surface area (Å²) in [4.78, 5) is 27.5. The highest BCUT2D eigenvalue weighted by Crippen LogP contribution is 2.30. The summed E-state index contributed by atoms with van der Waals surface area (Å²) in [6, 6.07) is 0. The molecule has 24 heavy (non-hydrogen) atoms. The lowest BCUT2D eigenvalue weighted by Gasteiger charge is -2.40. The van der Waals surface area contributed by atoms with Crippen LogP contribution in [0.1, 0.15) is 63.0 Å². The summed E-state index contributed by atoms with van der Waals surface area (Å²) in [7, 11) is 0. The fourth-order valence-electron chi connectivity index (χ4n) is 3.59. The van der Waals surface area contributed by atoms with Crippen molar-refractivity contribution < 1.29 is 14.1 Å². The summed E-state index contributed by atoms with van der Waals surface area (Å²) >= 11 is 0. The van der Waals surface area contributed by atoms with Crippen LogP contribution < -0.4 is 5.32 Å². The molecular formula is C18H29N3O3. The molecule has 2 amide bonds. The molecule has 0 saturated heterocycles. The number of nitrogens with one attached hydrogen (secondary N) is 1. The average Bonchev–Trinajstić information content (AvgIpc) is 2.88. The molecule has 0 unspecified atom stereocenters. The summed E-state index contributed by atoms with van der Waals surface area (Å²) < 4.78 is 5.13. The van der Waals surface area contributed by atoms with Gasteiger partial charge in [-0.05, 0) is 40.5 Å². The van der Waals surface area contributed by atoms with Crippen molar-refractivity contribution in [3.05, 3.63) is 17.0 Å². The SMILES string of the molecule is CCN(CC)C(=O)C1(NC(=O)Cc2c(C)noc2C)CCCCC1. The minimum atomic E-state index is -0.750. The first-order chi connectivity index (χ1) is 11.4. The van der Waals surface area contributed by atoms with Gasteiger partial charge in [0.1, 0.15) is 11.3 Å². The maximum atomic E-state index is 13.0. The molecule has 1 saturated carbocycles. The van der Waals surface area contributed by atoms with Crippen molar-refractivity contribution in [3.63, 3.8) is 0 Å². The molecule has 0 aromatic carbocycles. The summed E-state index contributed by atoms with van der Waals surface area (Å²) in [6.45, 7) is 8.91. The highest BCUT2D eigenvalue weighted by atomic mass is 16.5. The molecule has 134 valence electrons. The first kappa shape index (κ1) is 18.5. The Morgan fingerprint density at radius 1 is 1.17 bits per heavy atom. The molecule has 1 aromatic heterocycles. The average molecular weight is 335 g/mol. The number of hydrogen-bond donors (Lipinski definition) is 1. The molecule has 6 heteroatoms. The number of aromatic nitrogens is 1. The highest BCUT2D eigenvalue weighted by molar-refractivity contribution is 5.92. The normalized spacial score (nSPS) is 16.7. The third kappa shape index (κ3) is 3.79. The second kappa shape index (κ2) is 7.81. The van der Waals surface area contributed by atoms with Gasteiger partial charge in [-0.3, -0.25) is 9.59 Å². The van der Waals surface area contributed by atoms with Gasteiger partial charge in [0.05, 0.1) is 12.1 Å². The number of aryl methyl sites for hydroxylation is 2. The summed E-state index contributed by atoms with van der Waals surface area (Å²) in [5.74, 6) is 0.585. The van der Waals surface area contributed by atoms with Crippen LogP contribution in [-0.4, -0.2) is 40.5 Å². The van der Waals surface area contributed by atoms with Crippen LogP contribution in [0.15, 0.2) is 4.52 Å². The van der Waals surface area contributed by atoms with Gasteiger partial charge in [-0.25, -0.2) is 0 Å². The van der Waals surface area contributed by atoms with E-state index >= 15 is 0 Å². The third-order valence-corrected chi connectivity index (χ3v) is 5.06. The molecule has 1 aliphatic rings. The fourth-order valence-corrected chi connectivity index (χ4v) is 3.59. The Bertz CT molecular complexity index is 565. The van der Waals surface area contributed by atoms with Gasteiger partial charge in [0.2, 0.25) is 11.8 Å². The van der Waals surface area contributed by atoms with Crippen molar-refractivity contribution in [1.82, 2.24) is 15.4 Å². The van der Waals surface area contributed by atoms with E-state index in [9.17, 15) is 9.59 Å². The van der Waals surface area contributed by atoms with Crippen LogP contribution in [0.25, 0.3) is 0 Å². The summed E-state index contributed by atoms with van der Waals surface area (Å²) in [6.07, 6.45) is 4.70. The van der Waals surface area contributed by atoms with Gasteiger partial charge in [-0.15, -0.1) is 0 Å². The molecule has 1 aliphatic carbocycles. The standard InChI is InChI=1S/C18H29N3O3/c1-5-21(6-2)17(23)18(10-8-7-9-11-18)19-16(22)12-15-13(3)20-24-14(15)4/h5-12H2,1-4H3,(H,19,22). The minimum absolute atomic E-state index is 0.0549. The molecule has 1 fully saturated rings. The van der Waals surface area contributed by atoms with E-state index in [1.165, 1.54) is 0 Å². The molecule has 1 heterocycles. The molecule has 1 N–H and O–H groups in total. The second-order valence-corrected chi connectivity index (χ2v) is 6.65. The van der Waals surface area contributed by atoms with Crippen molar-refractivity contribution in [1.29, 1.82) is 0 Å². The number of amides is 2. The Kier molecular flexibility index (Phi) is 6.02. The van der Waals surface area contributed by atoms with Crippen LogP contribution in [0.3, 0.4) is 0 Å². The molecule has 0 spiro atoms. The molecule has 0 atom stereocenters. The van der Waals surface area contributed by atoms with E-state index in [2.05, 4.69) is 10.5 Å². The number of carbonyl (C=O) groups is 2. The number of nitrogens with zero attached hydrogens (tertiary/aromatic N) is 2. The van der Waals surface area contributed by atoms with Gasteiger partial charge in [0.15, 0.2) is 0 Å². The van der Waals surface area contributed by atoms with Crippen LogP contribution >= 0.6 is 0 Å². The minimum Gasteiger partial charge on any atom is -0.361 e. The molecule has 0 aliphatic heterocycles. The molecule has 0 radical (unpaired) electrons. The maximum Gasteiger partial charge on any atom is 0.248 e. The predicted molar refractivity (Wildman–Crippen MR) is 91.6 cm³/mol. The van der Waals surface area contributed by atoms with Crippen LogP contribution in [0, 0.1) is 13.8 Å². The zero-order valence-corrected chi connectivity index (χ0v) is 15.3. The lowest BCUT2D eigenvalue weighted by atomic mass is 9.80. The van der Waals surface area contributed by atoms with Crippen LogP contribution in [-0.2, 0) is 16.0 Å². The summed E-state index contributed by atoms with van der Waals surface area (Å²) in [5.41, 5.74) is 0.796. The molecule has 1 aromatic rings. The third-order valence-electron chi connectivity index (χ3n) is 5.06. The first-order valence-corrected chi connectivity index (χ1v) is 8.95. The van der Waals surface area contributed by atoms with E-state index in [-0.39, 0.29) is 18.2 Å². The van der Waals surface area contributed by atoms with Crippen molar-refractivity contribution >= 4 is 11.8 Å². The first-order valence-electron chi connectivity index (χ1n) is 8.95. The van der Waals surface area contributed by atoms with Crippen molar-refractivity contribution in [2.45, 2.75) is 71.8 Å². The quantitative estimate of drug-likeness (QED) is 0.867. The Labute approximate surface area is 143 Å². The number of rotatable bonds is 6. The zero-order valence-electron chi connectivity index (χ0n) is 15.3. The largest absolute Gasteiger partial charge is 0.361 e. The van der Waals surface area contributed by atoms with Gasteiger partial charge in [0, 0.05) is 18.7 Å².